The van der Waals surface area contributed by atoms with Gasteiger partial charge in [0.15, 0.2) is 0 Å². The highest BCUT2D eigenvalue weighted by Crippen LogP contribution is 2.06. The highest BCUT2D eigenvalue weighted by Gasteiger charge is 2.12. The fraction of sp³-hybridized carbons (Fsp3) is 0.333. The van der Waals surface area contributed by atoms with Gasteiger partial charge in [0.05, 0.1) is 10.9 Å². The van der Waals surface area contributed by atoms with Crippen LogP contribution in [-0.4, -0.2) is 23.3 Å². The monoisotopic (exact) mass is 233 g/mol. The zero-order chi connectivity index (χ0) is 12.6. The van der Waals surface area contributed by atoms with E-state index in [0.29, 0.717) is 17.4 Å². The number of fused-ring (bicyclic) bond motifs is 1. The highest BCUT2D eigenvalue weighted by molar-refractivity contribution is 5.77. The largest absolute Gasteiger partial charge is 0.350 e. The third kappa shape index (κ3) is 1.63. The van der Waals surface area contributed by atoms with E-state index in [4.69, 9.17) is 0 Å². The van der Waals surface area contributed by atoms with Crippen molar-refractivity contribution in [2.45, 2.75) is 13.5 Å². The molecule has 90 valence electrons. The predicted octanol–water partition coefficient (Wildman–Crippen LogP) is 0.381. The molecule has 0 aliphatic carbocycles. The zero-order valence-electron chi connectivity index (χ0n) is 10.2. The smallest absolute Gasteiger partial charge is 0.312 e. The molecule has 0 aliphatic rings. The molecule has 1 aromatic carbocycles. The summed E-state index contributed by atoms with van der Waals surface area (Å²) in [5, 5.41) is 2.06. The van der Waals surface area contributed by atoms with E-state index in [0.717, 1.165) is 4.68 Å². The third-order valence-electron chi connectivity index (χ3n) is 2.75. The second-order valence-corrected chi connectivity index (χ2v) is 4.01. The maximum absolute atomic E-state index is 12.2. The molecule has 0 bridgehead atoms. The van der Waals surface area contributed by atoms with Crippen molar-refractivity contribution in [3.8, 4) is 0 Å². The second kappa shape index (κ2) is 4.08. The molecule has 0 saturated heterocycles. The van der Waals surface area contributed by atoms with Crippen molar-refractivity contribution in [3.63, 3.8) is 0 Å². The topological polar surface area (TPSA) is 47.2 Å². The first-order chi connectivity index (χ1) is 8.07. The van der Waals surface area contributed by atoms with E-state index in [2.05, 4.69) is 0 Å². The number of benzene rings is 1. The number of nitrogens with zero attached hydrogens (tertiary/aromatic N) is 3. The average molecular weight is 233 g/mol. The van der Waals surface area contributed by atoms with Gasteiger partial charge in [-0.15, -0.1) is 0 Å². The lowest BCUT2D eigenvalue weighted by Gasteiger charge is -2.18. The summed E-state index contributed by atoms with van der Waals surface area (Å²) >= 11 is 0. The standard InChI is InChI=1S/C12H15N3O2/c1-4-14-10-8-6-5-7-9(10)11(16)15(12(14)17)13(2)3/h5-8H,4H2,1-3H3. The molecule has 0 amide bonds. The quantitative estimate of drug-likeness (QED) is 0.753. The van der Waals surface area contributed by atoms with E-state index in [1.807, 2.05) is 13.0 Å². The van der Waals surface area contributed by atoms with Gasteiger partial charge in [-0.1, -0.05) is 12.1 Å². The minimum Gasteiger partial charge on any atom is -0.312 e. The summed E-state index contributed by atoms with van der Waals surface area (Å²) in [4.78, 5) is 24.3. The van der Waals surface area contributed by atoms with Crippen LogP contribution in [0.4, 0.5) is 0 Å². The Morgan fingerprint density at radius 1 is 1.18 bits per heavy atom. The predicted molar refractivity (Wildman–Crippen MR) is 68.2 cm³/mol. The SMILES string of the molecule is CCn1c(=O)n(N(C)C)c(=O)c2ccccc21. The van der Waals surface area contributed by atoms with Crippen molar-refractivity contribution in [2.75, 3.05) is 19.1 Å². The van der Waals surface area contributed by atoms with Crippen molar-refractivity contribution in [3.05, 3.63) is 45.1 Å². The Morgan fingerprint density at radius 3 is 2.41 bits per heavy atom. The Kier molecular flexibility index (Phi) is 2.75. The van der Waals surface area contributed by atoms with E-state index in [1.54, 1.807) is 36.9 Å². The van der Waals surface area contributed by atoms with Crippen LogP contribution in [0.15, 0.2) is 33.9 Å². The fourth-order valence-corrected chi connectivity index (χ4v) is 1.97. The summed E-state index contributed by atoms with van der Waals surface area (Å²) < 4.78 is 2.74. The van der Waals surface area contributed by atoms with Crippen LogP contribution in [0.25, 0.3) is 10.9 Å². The van der Waals surface area contributed by atoms with Gasteiger partial charge < -0.3 is 5.01 Å². The lowest BCUT2D eigenvalue weighted by Crippen LogP contribution is -2.49. The lowest BCUT2D eigenvalue weighted by atomic mass is 10.2. The van der Waals surface area contributed by atoms with Crippen LogP contribution in [0.5, 0.6) is 0 Å². The van der Waals surface area contributed by atoms with Gasteiger partial charge in [0.1, 0.15) is 0 Å². The highest BCUT2D eigenvalue weighted by atomic mass is 16.2. The van der Waals surface area contributed by atoms with Crippen LogP contribution in [-0.2, 0) is 6.54 Å². The molecule has 1 heterocycles. The first kappa shape index (κ1) is 11.4. The fourth-order valence-electron chi connectivity index (χ4n) is 1.97. The third-order valence-corrected chi connectivity index (χ3v) is 2.75. The molecule has 0 N–H and O–H groups in total. The molecule has 1 aromatic heterocycles. The molecule has 0 fully saturated rings. The van der Waals surface area contributed by atoms with Crippen LogP contribution < -0.4 is 16.3 Å². The van der Waals surface area contributed by atoms with Crippen molar-refractivity contribution in [1.29, 1.82) is 0 Å². The second-order valence-electron chi connectivity index (χ2n) is 4.01. The number of aryl methyl sites for hydroxylation is 1. The van der Waals surface area contributed by atoms with Gasteiger partial charge in [-0.05, 0) is 19.1 Å². The summed E-state index contributed by atoms with van der Waals surface area (Å²) in [7, 11) is 3.36. The van der Waals surface area contributed by atoms with Gasteiger partial charge in [-0.3, -0.25) is 9.36 Å². The molecule has 0 radical (unpaired) electrons. The average Bonchev–Trinajstić information content (AvgIpc) is 2.29. The molecule has 2 rings (SSSR count). The first-order valence-corrected chi connectivity index (χ1v) is 5.50. The van der Waals surface area contributed by atoms with Crippen molar-refractivity contribution in [2.24, 2.45) is 0 Å². The summed E-state index contributed by atoms with van der Waals surface area (Å²) in [5.41, 5.74) is 0.101. The summed E-state index contributed by atoms with van der Waals surface area (Å²) in [6, 6.07) is 7.16. The van der Waals surface area contributed by atoms with E-state index < -0.39 is 0 Å². The molecular weight excluding hydrogens is 218 g/mol. The molecule has 0 unspecified atom stereocenters. The number of para-hydroxylation sites is 1. The van der Waals surface area contributed by atoms with Crippen LogP contribution in [0.3, 0.4) is 0 Å². The molecule has 0 atom stereocenters. The maximum Gasteiger partial charge on any atom is 0.350 e. The van der Waals surface area contributed by atoms with Crippen LogP contribution in [0.1, 0.15) is 6.92 Å². The van der Waals surface area contributed by atoms with Crippen LogP contribution in [0.2, 0.25) is 0 Å². The van der Waals surface area contributed by atoms with Gasteiger partial charge in [0, 0.05) is 20.6 Å². The molecule has 5 heteroatoms. The van der Waals surface area contributed by atoms with Crippen LogP contribution in [0, 0.1) is 0 Å². The van der Waals surface area contributed by atoms with Crippen molar-refractivity contribution < 1.29 is 0 Å². The minimum absolute atomic E-state index is 0.277. The molecular formula is C12H15N3O2. The molecule has 0 spiro atoms. The number of aromatic nitrogens is 2. The van der Waals surface area contributed by atoms with Crippen molar-refractivity contribution in [1.82, 2.24) is 9.24 Å². The summed E-state index contributed by atoms with van der Waals surface area (Å²) in [5.74, 6) is 0. The Morgan fingerprint density at radius 2 is 1.82 bits per heavy atom. The van der Waals surface area contributed by atoms with E-state index in [9.17, 15) is 9.59 Å². The van der Waals surface area contributed by atoms with Gasteiger partial charge in [-0.2, -0.15) is 4.68 Å². The Balaban J connectivity index is 3.06. The molecule has 0 aliphatic heterocycles. The maximum atomic E-state index is 12.2. The minimum atomic E-state index is -0.304. The van der Waals surface area contributed by atoms with E-state index >= 15 is 0 Å². The van der Waals surface area contributed by atoms with Crippen LogP contribution >= 0.6 is 0 Å². The summed E-state index contributed by atoms with van der Waals surface area (Å²) in [6.07, 6.45) is 0. The summed E-state index contributed by atoms with van der Waals surface area (Å²) in [6.45, 7) is 2.42. The van der Waals surface area contributed by atoms with Gasteiger partial charge in [0.2, 0.25) is 0 Å². The van der Waals surface area contributed by atoms with E-state index in [1.165, 1.54) is 5.01 Å². The normalized spacial score (nSPS) is 10.8. The molecule has 5 nitrogen and oxygen atoms in total. The van der Waals surface area contributed by atoms with Gasteiger partial charge >= 0.3 is 5.69 Å². The Hall–Kier alpha value is -2.04. The lowest BCUT2D eigenvalue weighted by molar-refractivity contribution is 0.597. The van der Waals surface area contributed by atoms with Gasteiger partial charge in [-0.25, -0.2) is 4.79 Å². The first-order valence-electron chi connectivity index (χ1n) is 5.50. The Labute approximate surface area is 98.5 Å². The molecule has 17 heavy (non-hydrogen) atoms. The van der Waals surface area contributed by atoms with E-state index in [-0.39, 0.29) is 11.2 Å². The number of hydrogen-bond donors (Lipinski definition) is 0. The number of hydrogen-bond acceptors (Lipinski definition) is 3. The van der Waals surface area contributed by atoms with Gasteiger partial charge in [0.25, 0.3) is 5.56 Å². The molecule has 2 aromatic rings. The zero-order valence-corrected chi connectivity index (χ0v) is 10.2. The number of rotatable bonds is 2. The molecule has 0 saturated carbocycles. The van der Waals surface area contributed by atoms with Crippen molar-refractivity contribution >= 4 is 10.9 Å². The Bertz CT molecular complexity index is 667.